The summed E-state index contributed by atoms with van der Waals surface area (Å²) in [6, 6.07) is 0. The minimum Gasteiger partial charge on any atom is -0.479 e. The van der Waals surface area contributed by atoms with E-state index in [0.29, 0.717) is 12.3 Å². The second kappa shape index (κ2) is 11.3. The summed E-state index contributed by atoms with van der Waals surface area (Å²) in [5.74, 6) is -0.289. The molecule has 148 valence electrons. The molecule has 0 aromatic heterocycles. The van der Waals surface area contributed by atoms with Crippen molar-refractivity contribution in [3.63, 3.8) is 0 Å². The third-order valence-corrected chi connectivity index (χ3v) is 5.62. The summed E-state index contributed by atoms with van der Waals surface area (Å²) in [6.07, 6.45) is 15.3. The van der Waals surface area contributed by atoms with Crippen LogP contribution < -0.4 is 0 Å². The summed E-state index contributed by atoms with van der Waals surface area (Å²) in [5, 5.41) is 18.0. The van der Waals surface area contributed by atoms with Crippen LogP contribution in [0.1, 0.15) is 78.6 Å². The maximum atomic E-state index is 12.4. The van der Waals surface area contributed by atoms with Gasteiger partial charge in [-0.3, -0.25) is 4.79 Å². The van der Waals surface area contributed by atoms with Gasteiger partial charge in [0.15, 0.2) is 11.9 Å². The fourth-order valence-corrected chi connectivity index (χ4v) is 3.58. The van der Waals surface area contributed by atoms with Crippen molar-refractivity contribution >= 4 is 11.8 Å². The zero-order valence-electron chi connectivity index (χ0n) is 16.6. The SMILES string of the molecule is CCCCCC(C)C=C[C@H]1C=CC(=O)[C@]1(C)CCCCCC(O)C(=O)O. The van der Waals surface area contributed by atoms with Gasteiger partial charge in [0.05, 0.1) is 0 Å². The molecule has 2 unspecified atom stereocenters. The first-order valence-corrected chi connectivity index (χ1v) is 10.1. The second-order valence-corrected chi connectivity index (χ2v) is 7.98. The summed E-state index contributed by atoms with van der Waals surface area (Å²) in [7, 11) is 0. The first kappa shape index (κ1) is 22.6. The lowest BCUT2D eigenvalue weighted by molar-refractivity contribution is -0.146. The highest BCUT2D eigenvalue weighted by Gasteiger charge is 2.40. The van der Waals surface area contributed by atoms with Gasteiger partial charge in [-0.05, 0) is 31.3 Å². The predicted molar refractivity (Wildman–Crippen MR) is 105 cm³/mol. The van der Waals surface area contributed by atoms with Crippen LogP contribution in [0.2, 0.25) is 0 Å². The van der Waals surface area contributed by atoms with Gasteiger partial charge in [0, 0.05) is 11.3 Å². The van der Waals surface area contributed by atoms with Crippen LogP contribution in [0.5, 0.6) is 0 Å². The zero-order chi connectivity index (χ0) is 19.6. The van der Waals surface area contributed by atoms with Crippen LogP contribution in [0.3, 0.4) is 0 Å². The molecule has 0 aromatic carbocycles. The van der Waals surface area contributed by atoms with Crippen molar-refractivity contribution in [2.45, 2.75) is 84.7 Å². The molecule has 1 aliphatic rings. The number of unbranched alkanes of at least 4 members (excludes halogenated alkanes) is 4. The van der Waals surface area contributed by atoms with Crippen molar-refractivity contribution in [2.75, 3.05) is 0 Å². The molecule has 4 heteroatoms. The van der Waals surface area contributed by atoms with E-state index in [9.17, 15) is 14.7 Å². The first-order chi connectivity index (χ1) is 12.3. The molecule has 1 aliphatic carbocycles. The van der Waals surface area contributed by atoms with Crippen LogP contribution in [0, 0.1) is 17.3 Å². The van der Waals surface area contributed by atoms with Crippen molar-refractivity contribution in [3.8, 4) is 0 Å². The number of aliphatic carboxylic acids is 1. The molecule has 0 aromatic rings. The Kier molecular flexibility index (Phi) is 9.85. The Labute approximate surface area is 158 Å². The number of hydrogen-bond donors (Lipinski definition) is 2. The number of allylic oxidation sites excluding steroid dienone is 4. The molecule has 0 heterocycles. The number of ketones is 1. The Morgan fingerprint density at radius 1 is 1.23 bits per heavy atom. The second-order valence-electron chi connectivity index (χ2n) is 7.98. The third kappa shape index (κ3) is 7.06. The Morgan fingerprint density at radius 2 is 1.92 bits per heavy atom. The molecule has 0 saturated carbocycles. The molecular weight excluding hydrogens is 328 g/mol. The molecule has 0 aliphatic heterocycles. The van der Waals surface area contributed by atoms with Crippen LogP contribution >= 0.6 is 0 Å². The fourth-order valence-electron chi connectivity index (χ4n) is 3.58. The number of hydrogen-bond acceptors (Lipinski definition) is 3. The highest BCUT2D eigenvalue weighted by Crippen LogP contribution is 2.41. The van der Waals surface area contributed by atoms with Gasteiger partial charge >= 0.3 is 5.97 Å². The number of carboxylic acid groups (broad SMARTS) is 1. The van der Waals surface area contributed by atoms with E-state index in [2.05, 4.69) is 26.0 Å². The molecule has 0 radical (unpaired) electrons. The third-order valence-electron chi connectivity index (χ3n) is 5.62. The van der Waals surface area contributed by atoms with Crippen molar-refractivity contribution in [3.05, 3.63) is 24.3 Å². The van der Waals surface area contributed by atoms with E-state index in [-0.39, 0.29) is 23.5 Å². The lowest BCUT2D eigenvalue weighted by Gasteiger charge is -2.28. The standard InChI is InChI=1S/C22H36O4/c1-4-5-7-10-17(2)12-13-18-14-15-20(24)22(18,3)16-9-6-8-11-19(23)21(25)26/h12-15,17-19,23H,4-11,16H2,1-3H3,(H,25,26)/t17?,18-,19?,22+/m0/s1. The number of aliphatic hydroxyl groups excluding tert-OH is 1. The van der Waals surface area contributed by atoms with E-state index in [1.54, 1.807) is 6.08 Å². The highest BCUT2D eigenvalue weighted by molar-refractivity contribution is 5.97. The maximum Gasteiger partial charge on any atom is 0.332 e. The molecule has 0 amide bonds. The van der Waals surface area contributed by atoms with E-state index in [1.165, 1.54) is 25.7 Å². The van der Waals surface area contributed by atoms with Gasteiger partial charge < -0.3 is 10.2 Å². The van der Waals surface area contributed by atoms with Gasteiger partial charge in [-0.25, -0.2) is 4.79 Å². The molecule has 4 atom stereocenters. The van der Waals surface area contributed by atoms with Crippen molar-refractivity contribution in [2.24, 2.45) is 17.3 Å². The average Bonchev–Trinajstić information content (AvgIpc) is 2.87. The molecule has 0 spiro atoms. The summed E-state index contributed by atoms with van der Waals surface area (Å²) < 4.78 is 0. The summed E-state index contributed by atoms with van der Waals surface area (Å²) >= 11 is 0. The monoisotopic (exact) mass is 364 g/mol. The molecule has 2 N–H and O–H groups in total. The number of carbonyl (C=O) groups excluding carboxylic acids is 1. The smallest absolute Gasteiger partial charge is 0.332 e. The number of aliphatic hydroxyl groups is 1. The molecule has 1 rings (SSSR count). The van der Waals surface area contributed by atoms with Crippen LogP contribution in [0.15, 0.2) is 24.3 Å². The Bertz CT molecular complexity index is 508. The minimum absolute atomic E-state index is 0.147. The Hall–Kier alpha value is -1.42. The van der Waals surface area contributed by atoms with Gasteiger partial charge in [-0.15, -0.1) is 0 Å². The highest BCUT2D eigenvalue weighted by atomic mass is 16.4. The van der Waals surface area contributed by atoms with Gasteiger partial charge in [0.2, 0.25) is 0 Å². The van der Waals surface area contributed by atoms with Crippen LogP contribution in [0.4, 0.5) is 0 Å². The van der Waals surface area contributed by atoms with Crippen LogP contribution in [-0.4, -0.2) is 28.1 Å². The largest absolute Gasteiger partial charge is 0.479 e. The quantitative estimate of drug-likeness (QED) is 0.359. The Morgan fingerprint density at radius 3 is 2.58 bits per heavy atom. The predicted octanol–water partition coefficient (Wildman–Crippen LogP) is 4.92. The lowest BCUT2D eigenvalue weighted by Crippen LogP contribution is -2.29. The summed E-state index contributed by atoms with van der Waals surface area (Å²) in [5.41, 5.74) is -0.384. The van der Waals surface area contributed by atoms with Crippen LogP contribution in [0.25, 0.3) is 0 Å². The molecule has 0 fully saturated rings. The van der Waals surface area contributed by atoms with Crippen molar-refractivity contribution < 1.29 is 19.8 Å². The summed E-state index contributed by atoms with van der Waals surface area (Å²) in [4.78, 5) is 23.0. The van der Waals surface area contributed by atoms with Gasteiger partial charge in [0.1, 0.15) is 0 Å². The molecule has 4 nitrogen and oxygen atoms in total. The van der Waals surface area contributed by atoms with E-state index < -0.39 is 12.1 Å². The van der Waals surface area contributed by atoms with E-state index in [1.807, 2.05) is 13.0 Å². The molecule has 26 heavy (non-hydrogen) atoms. The molecular formula is C22H36O4. The Balaban J connectivity index is 2.45. The maximum absolute atomic E-state index is 12.4. The normalized spacial score (nSPS) is 25.1. The van der Waals surface area contributed by atoms with E-state index in [0.717, 1.165) is 19.3 Å². The lowest BCUT2D eigenvalue weighted by atomic mass is 9.74. The van der Waals surface area contributed by atoms with E-state index >= 15 is 0 Å². The average molecular weight is 365 g/mol. The fraction of sp³-hybridized carbons (Fsp3) is 0.727. The van der Waals surface area contributed by atoms with Crippen LogP contribution in [-0.2, 0) is 9.59 Å². The van der Waals surface area contributed by atoms with Gasteiger partial charge in [0.25, 0.3) is 0 Å². The number of carboxylic acids is 1. The zero-order valence-corrected chi connectivity index (χ0v) is 16.6. The molecule has 0 saturated heterocycles. The van der Waals surface area contributed by atoms with Gasteiger partial charge in [-0.2, -0.15) is 0 Å². The number of rotatable bonds is 13. The topological polar surface area (TPSA) is 74.6 Å². The number of carbonyl (C=O) groups is 2. The van der Waals surface area contributed by atoms with Gasteiger partial charge in [-0.1, -0.05) is 77.5 Å². The first-order valence-electron chi connectivity index (χ1n) is 10.1. The van der Waals surface area contributed by atoms with Crippen molar-refractivity contribution in [1.82, 2.24) is 0 Å². The summed E-state index contributed by atoms with van der Waals surface area (Å²) in [6.45, 7) is 6.49. The molecule has 0 bridgehead atoms. The van der Waals surface area contributed by atoms with Crippen molar-refractivity contribution in [1.29, 1.82) is 0 Å². The minimum atomic E-state index is -1.27. The van der Waals surface area contributed by atoms with E-state index in [4.69, 9.17) is 5.11 Å².